The number of hydrogen-bond donors (Lipinski definition) is 0. The molecule has 0 N–H and O–H groups in total. The van der Waals surface area contributed by atoms with Crippen molar-refractivity contribution >= 4 is 22.8 Å². The number of likely N-dealkylation sites (tertiary alicyclic amines) is 1. The molecular weight excluding hydrogens is 430 g/mol. The SMILES string of the molecule is Br.COc1ccc2c(c1)CC(OC)(C1CCN(C)C(Cc3ccccc3)C1)C2=O. The van der Waals surface area contributed by atoms with Crippen LogP contribution in [-0.2, 0) is 17.6 Å². The largest absolute Gasteiger partial charge is 0.497 e. The lowest BCUT2D eigenvalue weighted by atomic mass is 9.74. The Morgan fingerprint density at radius 1 is 1.14 bits per heavy atom. The van der Waals surface area contributed by atoms with E-state index in [4.69, 9.17) is 9.47 Å². The number of likely N-dealkylation sites (N-methyl/N-ethyl adjacent to an activating group) is 1. The maximum Gasteiger partial charge on any atom is 0.195 e. The number of halogens is 1. The first-order valence-corrected chi connectivity index (χ1v) is 10.1. The van der Waals surface area contributed by atoms with E-state index in [1.54, 1.807) is 14.2 Å². The summed E-state index contributed by atoms with van der Waals surface area (Å²) in [5.41, 5.74) is 2.44. The molecule has 1 saturated heterocycles. The number of benzene rings is 2. The number of hydrogen-bond acceptors (Lipinski definition) is 4. The van der Waals surface area contributed by atoms with Crippen molar-refractivity contribution in [1.29, 1.82) is 0 Å². The first-order chi connectivity index (χ1) is 13.6. The molecule has 2 aromatic carbocycles. The molecule has 3 atom stereocenters. The van der Waals surface area contributed by atoms with Gasteiger partial charge in [0.25, 0.3) is 0 Å². The Kier molecular flexibility index (Phi) is 6.82. The molecule has 0 saturated carbocycles. The summed E-state index contributed by atoms with van der Waals surface area (Å²) in [6.45, 7) is 0.986. The average Bonchev–Trinajstić information content (AvgIpc) is 3.02. The Morgan fingerprint density at radius 3 is 2.59 bits per heavy atom. The van der Waals surface area contributed by atoms with E-state index in [0.717, 1.165) is 42.7 Å². The minimum absolute atomic E-state index is 0. The average molecular weight is 460 g/mol. The number of Topliss-reactive ketones (excluding diaryl/α,β-unsaturated/α-hetero) is 1. The molecule has 3 unspecified atom stereocenters. The molecule has 0 amide bonds. The minimum atomic E-state index is -0.745. The molecule has 1 heterocycles. The number of piperidine rings is 1. The number of ketones is 1. The third kappa shape index (κ3) is 4.00. The van der Waals surface area contributed by atoms with Crippen LogP contribution in [0, 0.1) is 5.92 Å². The van der Waals surface area contributed by atoms with Crippen molar-refractivity contribution in [3.63, 3.8) is 0 Å². The highest BCUT2D eigenvalue weighted by atomic mass is 79.9. The van der Waals surface area contributed by atoms with Gasteiger partial charge in [-0.25, -0.2) is 0 Å². The van der Waals surface area contributed by atoms with Gasteiger partial charge in [-0.2, -0.15) is 0 Å². The zero-order valence-corrected chi connectivity index (χ0v) is 19.1. The number of methoxy groups -OCH3 is 2. The maximum atomic E-state index is 13.4. The summed E-state index contributed by atoms with van der Waals surface area (Å²) in [4.78, 5) is 15.8. The molecule has 0 spiro atoms. The van der Waals surface area contributed by atoms with E-state index in [-0.39, 0.29) is 28.7 Å². The molecule has 1 fully saturated rings. The van der Waals surface area contributed by atoms with Gasteiger partial charge in [-0.3, -0.25) is 4.79 Å². The molecule has 0 bridgehead atoms. The smallest absolute Gasteiger partial charge is 0.195 e. The normalized spacial score (nSPS) is 26.7. The zero-order valence-electron chi connectivity index (χ0n) is 17.4. The van der Waals surface area contributed by atoms with Crippen molar-refractivity contribution in [1.82, 2.24) is 4.90 Å². The number of carbonyl (C=O) groups excluding carboxylic acids is 1. The van der Waals surface area contributed by atoms with E-state index in [9.17, 15) is 4.79 Å². The van der Waals surface area contributed by atoms with E-state index in [1.807, 2.05) is 18.2 Å². The molecule has 156 valence electrons. The third-order valence-corrected chi connectivity index (χ3v) is 6.74. The Bertz CT molecular complexity index is 856. The van der Waals surface area contributed by atoms with Gasteiger partial charge >= 0.3 is 0 Å². The van der Waals surface area contributed by atoms with Crippen molar-refractivity contribution in [3.8, 4) is 5.75 Å². The highest BCUT2D eigenvalue weighted by Gasteiger charge is 2.52. The second-order valence-electron chi connectivity index (χ2n) is 8.17. The fraction of sp³-hybridized carbons (Fsp3) is 0.458. The highest BCUT2D eigenvalue weighted by Crippen LogP contribution is 2.44. The van der Waals surface area contributed by atoms with Crippen LogP contribution < -0.4 is 4.74 Å². The number of carbonyl (C=O) groups is 1. The van der Waals surface area contributed by atoms with Gasteiger partial charge in [0.05, 0.1) is 7.11 Å². The van der Waals surface area contributed by atoms with Gasteiger partial charge < -0.3 is 14.4 Å². The first kappa shape index (κ1) is 22.0. The lowest BCUT2D eigenvalue weighted by molar-refractivity contribution is -0.0537. The summed E-state index contributed by atoms with van der Waals surface area (Å²) in [7, 11) is 5.55. The minimum Gasteiger partial charge on any atom is -0.497 e. The van der Waals surface area contributed by atoms with Crippen LogP contribution in [0.4, 0.5) is 0 Å². The molecule has 2 aromatic rings. The second-order valence-corrected chi connectivity index (χ2v) is 8.17. The number of fused-ring (bicyclic) bond motifs is 1. The van der Waals surface area contributed by atoms with E-state index >= 15 is 0 Å². The molecule has 4 rings (SSSR count). The number of ether oxygens (including phenoxy) is 2. The lowest BCUT2D eigenvalue weighted by Gasteiger charge is -2.44. The van der Waals surface area contributed by atoms with Crippen LogP contribution in [0.15, 0.2) is 48.5 Å². The van der Waals surface area contributed by atoms with Crippen LogP contribution in [0.5, 0.6) is 5.75 Å². The molecule has 1 aliphatic carbocycles. The van der Waals surface area contributed by atoms with Crippen molar-refractivity contribution in [2.24, 2.45) is 5.92 Å². The highest BCUT2D eigenvalue weighted by molar-refractivity contribution is 8.93. The lowest BCUT2D eigenvalue weighted by Crippen LogP contribution is -2.53. The van der Waals surface area contributed by atoms with Crippen LogP contribution in [0.2, 0.25) is 0 Å². The van der Waals surface area contributed by atoms with Crippen molar-refractivity contribution in [2.75, 3.05) is 27.8 Å². The Labute approximate surface area is 184 Å². The van der Waals surface area contributed by atoms with Gasteiger partial charge in [0.2, 0.25) is 0 Å². The molecule has 4 nitrogen and oxygen atoms in total. The predicted molar refractivity (Wildman–Crippen MR) is 120 cm³/mol. The third-order valence-electron chi connectivity index (χ3n) is 6.74. The first-order valence-electron chi connectivity index (χ1n) is 10.1. The summed E-state index contributed by atoms with van der Waals surface area (Å²) >= 11 is 0. The Hall–Kier alpha value is -1.69. The van der Waals surface area contributed by atoms with Gasteiger partial charge in [-0.1, -0.05) is 30.3 Å². The molecule has 2 aliphatic rings. The van der Waals surface area contributed by atoms with Gasteiger partial charge in [0, 0.05) is 25.1 Å². The monoisotopic (exact) mass is 459 g/mol. The summed E-state index contributed by atoms with van der Waals surface area (Å²) in [5, 5.41) is 0. The molecular formula is C24H30BrNO3. The summed E-state index contributed by atoms with van der Waals surface area (Å²) in [5.74, 6) is 1.15. The summed E-state index contributed by atoms with van der Waals surface area (Å²) in [6, 6.07) is 16.8. The fourth-order valence-corrected chi connectivity index (χ4v) is 5.03. The summed E-state index contributed by atoms with van der Waals surface area (Å²) < 4.78 is 11.4. The van der Waals surface area contributed by atoms with E-state index in [1.165, 1.54) is 5.56 Å². The van der Waals surface area contributed by atoms with Crippen molar-refractivity contribution < 1.29 is 14.3 Å². The van der Waals surface area contributed by atoms with E-state index in [0.29, 0.717) is 12.5 Å². The quantitative estimate of drug-likeness (QED) is 0.665. The molecule has 1 aliphatic heterocycles. The van der Waals surface area contributed by atoms with Crippen LogP contribution in [0.3, 0.4) is 0 Å². The van der Waals surface area contributed by atoms with Crippen molar-refractivity contribution in [2.45, 2.75) is 37.3 Å². The fourth-order valence-electron chi connectivity index (χ4n) is 5.03. The summed E-state index contributed by atoms with van der Waals surface area (Å²) in [6.07, 6.45) is 3.59. The van der Waals surface area contributed by atoms with Gasteiger partial charge in [0.1, 0.15) is 11.4 Å². The maximum absolute atomic E-state index is 13.4. The van der Waals surface area contributed by atoms with Crippen LogP contribution >= 0.6 is 17.0 Å². The van der Waals surface area contributed by atoms with Crippen LogP contribution in [0.25, 0.3) is 0 Å². The Morgan fingerprint density at radius 2 is 1.90 bits per heavy atom. The van der Waals surface area contributed by atoms with Crippen LogP contribution in [-0.4, -0.2) is 50.1 Å². The topological polar surface area (TPSA) is 38.8 Å². The van der Waals surface area contributed by atoms with Gasteiger partial charge in [0.15, 0.2) is 5.78 Å². The Balaban J connectivity index is 0.00000240. The van der Waals surface area contributed by atoms with Crippen molar-refractivity contribution in [3.05, 3.63) is 65.2 Å². The standard InChI is InChI=1S/C24H29NO3.BrH/c1-25-12-11-19(15-20(25)13-17-7-5-4-6-8-17)24(28-3)16-18-14-21(27-2)9-10-22(18)23(24)26;/h4-10,14,19-20H,11-13,15-16H2,1-3H3;1H. The van der Waals surface area contributed by atoms with Gasteiger partial charge in [-0.05, 0) is 68.1 Å². The molecule has 0 aromatic heterocycles. The van der Waals surface area contributed by atoms with E-state index < -0.39 is 5.60 Å². The zero-order chi connectivity index (χ0) is 19.7. The number of nitrogens with zero attached hydrogens (tertiary/aromatic N) is 1. The molecule has 29 heavy (non-hydrogen) atoms. The number of rotatable bonds is 5. The molecule has 5 heteroatoms. The van der Waals surface area contributed by atoms with E-state index in [2.05, 4.69) is 42.3 Å². The second kappa shape index (κ2) is 8.99. The van der Waals surface area contributed by atoms with Gasteiger partial charge in [-0.15, -0.1) is 17.0 Å². The van der Waals surface area contributed by atoms with Crippen LogP contribution in [0.1, 0.15) is 34.3 Å². The molecule has 0 radical (unpaired) electrons. The predicted octanol–water partition coefficient (Wildman–Crippen LogP) is 4.35.